The van der Waals surface area contributed by atoms with Gasteiger partial charge in [0.2, 0.25) is 0 Å². The molecule has 0 saturated heterocycles. The summed E-state index contributed by atoms with van der Waals surface area (Å²) in [5.74, 6) is 0.464. The molecule has 0 spiro atoms. The van der Waals surface area contributed by atoms with Crippen LogP contribution in [0, 0.1) is 0 Å². The maximum absolute atomic E-state index is 11.9. The third-order valence-electron chi connectivity index (χ3n) is 7.98. The minimum absolute atomic E-state index is 0.155. The van der Waals surface area contributed by atoms with Gasteiger partial charge in [0, 0.05) is 16.7 Å². The van der Waals surface area contributed by atoms with E-state index in [0.29, 0.717) is 32.3 Å². The molecular formula is C37H30O3Si. The third-order valence-corrected chi connectivity index (χ3v) is 12.4. The molecule has 0 heterocycles. The van der Waals surface area contributed by atoms with E-state index < -0.39 is 8.07 Å². The first-order chi connectivity index (χ1) is 20.0. The highest BCUT2D eigenvalue weighted by Gasteiger charge is 2.42. The number of aromatic hydroxyl groups is 3. The number of benzene rings is 6. The second-order valence-corrected chi connectivity index (χ2v) is 14.2. The number of hydrogen-bond acceptors (Lipinski definition) is 3. The van der Waals surface area contributed by atoms with E-state index in [1.165, 1.54) is 0 Å². The Hall–Kier alpha value is -5.06. The molecule has 200 valence electrons. The van der Waals surface area contributed by atoms with Gasteiger partial charge < -0.3 is 15.3 Å². The first-order valence-corrected chi connectivity index (χ1v) is 16.1. The average molecular weight is 551 g/mol. The summed E-state index contributed by atoms with van der Waals surface area (Å²) >= 11 is 0. The van der Waals surface area contributed by atoms with Crippen LogP contribution >= 0.6 is 0 Å². The molecule has 41 heavy (non-hydrogen) atoms. The van der Waals surface area contributed by atoms with E-state index in [0.717, 1.165) is 16.7 Å². The van der Waals surface area contributed by atoms with Gasteiger partial charge in [-0.25, -0.2) is 0 Å². The Morgan fingerprint density at radius 1 is 0.341 bits per heavy atom. The number of hydrogen-bond donors (Lipinski definition) is 3. The van der Waals surface area contributed by atoms with Crippen molar-refractivity contribution in [2.24, 2.45) is 0 Å². The Balaban J connectivity index is 1.66. The standard InChI is InChI=1S/C37H30O3Si/c1-41(32-23-11-20-29(35(32)38)26-14-5-2-6-15-26,33-24-12-21-30(36(33)39)27-16-7-3-8-17-27)34-25-13-22-31(37(34)40)28-18-9-4-10-19-28/h2-25,38-40H,1H3. The third kappa shape index (κ3) is 4.58. The van der Waals surface area contributed by atoms with Crippen LogP contribution in [0.15, 0.2) is 146 Å². The molecule has 3 nitrogen and oxygen atoms in total. The van der Waals surface area contributed by atoms with E-state index in [2.05, 4.69) is 6.55 Å². The van der Waals surface area contributed by atoms with Crippen LogP contribution in [-0.2, 0) is 0 Å². The van der Waals surface area contributed by atoms with Crippen LogP contribution in [-0.4, -0.2) is 23.4 Å². The fourth-order valence-electron chi connectivity index (χ4n) is 5.83. The lowest BCUT2D eigenvalue weighted by Gasteiger charge is -2.33. The Bertz CT molecular complexity index is 1600. The van der Waals surface area contributed by atoms with Crippen molar-refractivity contribution in [2.45, 2.75) is 6.55 Å². The summed E-state index contributed by atoms with van der Waals surface area (Å²) < 4.78 is 0. The average Bonchev–Trinajstić information content (AvgIpc) is 3.02. The zero-order valence-corrected chi connectivity index (χ0v) is 23.7. The molecule has 6 rings (SSSR count). The molecule has 0 radical (unpaired) electrons. The van der Waals surface area contributed by atoms with Crippen LogP contribution in [0.1, 0.15) is 0 Å². The zero-order valence-electron chi connectivity index (χ0n) is 22.7. The summed E-state index contributed by atoms with van der Waals surface area (Å²) in [6.45, 7) is 2.09. The number of phenolic OH excluding ortho intramolecular Hbond substituents is 3. The number of para-hydroxylation sites is 3. The van der Waals surface area contributed by atoms with Gasteiger partial charge in [-0.05, 0) is 32.3 Å². The van der Waals surface area contributed by atoms with Crippen molar-refractivity contribution in [1.29, 1.82) is 0 Å². The quantitative estimate of drug-likeness (QED) is 0.156. The molecule has 0 bridgehead atoms. The maximum atomic E-state index is 11.9. The molecule has 0 aromatic heterocycles. The molecule has 6 aromatic rings. The van der Waals surface area contributed by atoms with Crippen LogP contribution in [0.5, 0.6) is 17.2 Å². The van der Waals surface area contributed by atoms with Gasteiger partial charge in [-0.1, -0.05) is 152 Å². The smallest absolute Gasteiger partial charge is 0.159 e. The van der Waals surface area contributed by atoms with Crippen molar-refractivity contribution in [1.82, 2.24) is 0 Å². The summed E-state index contributed by atoms with van der Waals surface area (Å²) in [6, 6.07) is 46.7. The second-order valence-electron chi connectivity index (χ2n) is 10.3. The van der Waals surface area contributed by atoms with Crippen LogP contribution in [0.25, 0.3) is 33.4 Å². The van der Waals surface area contributed by atoms with Gasteiger partial charge in [-0.3, -0.25) is 0 Å². The molecular weight excluding hydrogens is 520 g/mol. The van der Waals surface area contributed by atoms with Crippen molar-refractivity contribution >= 4 is 23.6 Å². The highest BCUT2D eigenvalue weighted by molar-refractivity contribution is 7.12. The van der Waals surface area contributed by atoms with Gasteiger partial charge in [0.15, 0.2) is 8.07 Å². The normalized spacial score (nSPS) is 11.3. The SMILES string of the molecule is C[Si](c1cccc(-c2ccccc2)c1O)(c1cccc(-c2ccccc2)c1O)c1cccc(-c2ccccc2)c1O. The number of rotatable bonds is 6. The molecule has 0 atom stereocenters. The summed E-state index contributed by atoms with van der Waals surface area (Å²) in [6.07, 6.45) is 0. The van der Waals surface area contributed by atoms with Crippen molar-refractivity contribution in [3.05, 3.63) is 146 Å². The van der Waals surface area contributed by atoms with Crippen LogP contribution in [0.4, 0.5) is 0 Å². The van der Waals surface area contributed by atoms with Gasteiger partial charge in [0.25, 0.3) is 0 Å². The van der Waals surface area contributed by atoms with Crippen molar-refractivity contribution in [2.75, 3.05) is 0 Å². The first kappa shape index (κ1) is 26.2. The minimum Gasteiger partial charge on any atom is -0.507 e. The highest BCUT2D eigenvalue weighted by atomic mass is 28.3. The maximum Gasteiger partial charge on any atom is 0.159 e. The zero-order chi connectivity index (χ0) is 28.4. The lowest BCUT2D eigenvalue weighted by Crippen LogP contribution is -2.65. The van der Waals surface area contributed by atoms with E-state index in [1.54, 1.807) is 0 Å². The van der Waals surface area contributed by atoms with Gasteiger partial charge in [0.05, 0.1) is 0 Å². The fourth-order valence-corrected chi connectivity index (χ4v) is 9.81. The van der Waals surface area contributed by atoms with E-state index >= 15 is 0 Å². The predicted octanol–water partition coefficient (Wildman–Crippen LogP) is 6.90. The molecule has 6 aromatic carbocycles. The minimum atomic E-state index is -3.25. The lowest BCUT2D eigenvalue weighted by molar-refractivity contribution is 0.479. The number of phenols is 3. The first-order valence-electron chi connectivity index (χ1n) is 13.6. The van der Waals surface area contributed by atoms with E-state index in [4.69, 9.17) is 0 Å². The van der Waals surface area contributed by atoms with Crippen LogP contribution in [0.3, 0.4) is 0 Å². The molecule has 0 fully saturated rings. The topological polar surface area (TPSA) is 60.7 Å². The van der Waals surface area contributed by atoms with Gasteiger partial charge in [0.1, 0.15) is 17.2 Å². The predicted molar refractivity (Wildman–Crippen MR) is 171 cm³/mol. The van der Waals surface area contributed by atoms with Crippen molar-refractivity contribution in [3.8, 4) is 50.6 Å². The Kier molecular flexibility index (Phi) is 6.92. The summed E-state index contributed by atoms with van der Waals surface area (Å²) in [5.41, 5.74) is 4.81. The molecule has 3 N–H and O–H groups in total. The van der Waals surface area contributed by atoms with Crippen molar-refractivity contribution < 1.29 is 15.3 Å². The fraction of sp³-hybridized carbons (Fsp3) is 0.0270. The second kappa shape index (κ2) is 10.8. The van der Waals surface area contributed by atoms with Crippen LogP contribution in [0.2, 0.25) is 6.55 Å². The largest absolute Gasteiger partial charge is 0.507 e. The van der Waals surface area contributed by atoms with Crippen LogP contribution < -0.4 is 15.6 Å². The van der Waals surface area contributed by atoms with Gasteiger partial charge in [-0.15, -0.1) is 0 Å². The molecule has 0 unspecified atom stereocenters. The Labute approximate surface area is 241 Å². The highest BCUT2D eigenvalue weighted by Crippen LogP contribution is 2.35. The molecule has 0 aliphatic heterocycles. The van der Waals surface area contributed by atoms with Gasteiger partial charge in [-0.2, -0.15) is 0 Å². The molecule has 0 saturated carbocycles. The summed E-state index contributed by atoms with van der Waals surface area (Å²) in [7, 11) is -3.25. The Morgan fingerprint density at radius 3 is 0.878 bits per heavy atom. The molecule has 0 amide bonds. The summed E-state index contributed by atoms with van der Waals surface area (Å²) in [5, 5.41) is 37.9. The monoisotopic (exact) mass is 550 g/mol. The lowest BCUT2D eigenvalue weighted by atomic mass is 10.0. The van der Waals surface area contributed by atoms with E-state index in [9.17, 15) is 15.3 Å². The van der Waals surface area contributed by atoms with E-state index in [-0.39, 0.29) is 17.2 Å². The molecule has 0 aliphatic rings. The Morgan fingerprint density at radius 2 is 0.610 bits per heavy atom. The van der Waals surface area contributed by atoms with E-state index in [1.807, 2.05) is 146 Å². The molecule has 0 aliphatic carbocycles. The summed E-state index contributed by atoms with van der Waals surface area (Å²) in [4.78, 5) is 0. The van der Waals surface area contributed by atoms with Crippen molar-refractivity contribution in [3.63, 3.8) is 0 Å². The van der Waals surface area contributed by atoms with Gasteiger partial charge >= 0.3 is 0 Å². The molecule has 4 heteroatoms.